The van der Waals surface area contributed by atoms with E-state index in [1.807, 2.05) is 0 Å². The predicted octanol–water partition coefficient (Wildman–Crippen LogP) is 1.33. The molecule has 0 radical (unpaired) electrons. The van der Waals surface area contributed by atoms with Crippen molar-refractivity contribution in [2.75, 3.05) is 18.5 Å². The summed E-state index contributed by atoms with van der Waals surface area (Å²) >= 11 is 0. The largest absolute Gasteiger partial charge is 0.480 e. The molecule has 1 fully saturated rings. The molecule has 7 heteroatoms. The summed E-state index contributed by atoms with van der Waals surface area (Å²) in [5.41, 5.74) is 1.36. The van der Waals surface area contributed by atoms with E-state index in [4.69, 9.17) is 9.84 Å². The highest BCUT2D eigenvalue weighted by molar-refractivity contribution is 5.91. The van der Waals surface area contributed by atoms with Gasteiger partial charge in [0.25, 0.3) is 0 Å². The molecule has 130 valence electrons. The number of rotatable bonds is 8. The molecule has 2 rings (SSSR count). The first-order valence-electron chi connectivity index (χ1n) is 8.02. The van der Waals surface area contributed by atoms with E-state index in [1.165, 1.54) is 0 Å². The number of hydrogen-bond acceptors (Lipinski definition) is 4. The van der Waals surface area contributed by atoms with E-state index in [1.54, 1.807) is 24.3 Å². The SMILES string of the molecule is O=C(O)CNC(=O)Cc1ccc(NC(=O)COC2CCCC2)cc1. The average molecular weight is 334 g/mol. The first-order valence-corrected chi connectivity index (χ1v) is 8.02. The van der Waals surface area contributed by atoms with Crippen molar-refractivity contribution in [1.29, 1.82) is 0 Å². The zero-order valence-electron chi connectivity index (χ0n) is 13.4. The smallest absolute Gasteiger partial charge is 0.322 e. The first kappa shape index (κ1) is 17.9. The zero-order chi connectivity index (χ0) is 17.4. The van der Waals surface area contributed by atoms with Gasteiger partial charge in [0.15, 0.2) is 0 Å². The Morgan fingerprint density at radius 3 is 2.38 bits per heavy atom. The van der Waals surface area contributed by atoms with Crippen molar-refractivity contribution in [2.24, 2.45) is 0 Å². The van der Waals surface area contributed by atoms with Gasteiger partial charge in [-0.25, -0.2) is 0 Å². The number of amides is 2. The minimum Gasteiger partial charge on any atom is -0.480 e. The van der Waals surface area contributed by atoms with E-state index in [0.717, 1.165) is 31.2 Å². The van der Waals surface area contributed by atoms with Crippen LogP contribution in [0.25, 0.3) is 0 Å². The van der Waals surface area contributed by atoms with Gasteiger partial charge in [0, 0.05) is 5.69 Å². The van der Waals surface area contributed by atoms with Crippen LogP contribution in [-0.2, 0) is 25.5 Å². The summed E-state index contributed by atoms with van der Waals surface area (Å²) in [6.45, 7) is -0.349. The summed E-state index contributed by atoms with van der Waals surface area (Å²) in [7, 11) is 0. The van der Waals surface area contributed by atoms with Gasteiger partial charge in [-0.1, -0.05) is 25.0 Å². The molecule has 0 atom stereocenters. The van der Waals surface area contributed by atoms with Gasteiger partial charge in [0.1, 0.15) is 13.2 Å². The normalized spacial score (nSPS) is 14.3. The number of hydrogen-bond donors (Lipinski definition) is 3. The van der Waals surface area contributed by atoms with Crippen LogP contribution < -0.4 is 10.6 Å². The lowest BCUT2D eigenvalue weighted by molar-refractivity contribution is -0.137. The topological polar surface area (TPSA) is 105 Å². The Labute approximate surface area is 140 Å². The zero-order valence-corrected chi connectivity index (χ0v) is 13.4. The molecule has 1 saturated carbocycles. The van der Waals surface area contributed by atoms with Gasteiger partial charge >= 0.3 is 5.97 Å². The Morgan fingerprint density at radius 1 is 1.08 bits per heavy atom. The third-order valence-corrected chi connectivity index (χ3v) is 3.79. The lowest BCUT2D eigenvalue weighted by Gasteiger charge is -2.11. The van der Waals surface area contributed by atoms with E-state index >= 15 is 0 Å². The number of carboxylic acid groups (broad SMARTS) is 1. The third-order valence-electron chi connectivity index (χ3n) is 3.79. The molecule has 0 aliphatic heterocycles. The first-order chi connectivity index (χ1) is 11.5. The van der Waals surface area contributed by atoms with Gasteiger partial charge in [0.05, 0.1) is 12.5 Å². The Kier molecular flexibility index (Phi) is 6.74. The average Bonchev–Trinajstić information content (AvgIpc) is 3.06. The quantitative estimate of drug-likeness (QED) is 0.665. The fourth-order valence-corrected chi connectivity index (χ4v) is 2.57. The highest BCUT2D eigenvalue weighted by Crippen LogP contribution is 2.20. The van der Waals surface area contributed by atoms with Gasteiger partial charge in [-0.3, -0.25) is 14.4 Å². The van der Waals surface area contributed by atoms with Crippen LogP contribution in [0.4, 0.5) is 5.69 Å². The van der Waals surface area contributed by atoms with Gasteiger partial charge in [-0.2, -0.15) is 0 Å². The summed E-state index contributed by atoms with van der Waals surface area (Å²) in [5.74, 6) is -1.64. The van der Waals surface area contributed by atoms with Crippen molar-refractivity contribution in [3.63, 3.8) is 0 Å². The highest BCUT2D eigenvalue weighted by atomic mass is 16.5. The molecule has 1 aliphatic rings. The standard InChI is InChI=1S/C17H22N2O5/c20-15(18-10-17(22)23)9-12-5-7-13(8-6-12)19-16(21)11-24-14-3-1-2-4-14/h5-8,14H,1-4,9-11H2,(H,18,20)(H,19,21)(H,22,23). The molecule has 1 aliphatic carbocycles. The third kappa shape index (κ3) is 6.37. The van der Waals surface area contributed by atoms with E-state index in [0.29, 0.717) is 5.69 Å². The van der Waals surface area contributed by atoms with Crippen LogP contribution in [0.5, 0.6) is 0 Å². The maximum absolute atomic E-state index is 11.8. The maximum atomic E-state index is 11.8. The van der Waals surface area contributed by atoms with Crippen molar-refractivity contribution < 1.29 is 24.2 Å². The molecule has 0 aromatic heterocycles. The number of carboxylic acids is 1. The number of carbonyl (C=O) groups is 3. The monoisotopic (exact) mass is 334 g/mol. The molecule has 2 amide bonds. The number of nitrogens with one attached hydrogen (secondary N) is 2. The molecule has 0 unspecified atom stereocenters. The van der Waals surface area contributed by atoms with Crippen LogP contribution in [0.15, 0.2) is 24.3 Å². The molecule has 7 nitrogen and oxygen atoms in total. The molecule has 0 saturated heterocycles. The Balaban J connectivity index is 1.73. The van der Waals surface area contributed by atoms with Gasteiger partial charge in [-0.15, -0.1) is 0 Å². The van der Waals surface area contributed by atoms with E-state index in [2.05, 4.69) is 10.6 Å². The maximum Gasteiger partial charge on any atom is 0.322 e. The van der Waals surface area contributed by atoms with Crippen LogP contribution in [0.2, 0.25) is 0 Å². The summed E-state index contributed by atoms with van der Waals surface area (Å²) in [6.07, 6.45) is 4.65. The molecule has 1 aromatic carbocycles. The lowest BCUT2D eigenvalue weighted by Crippen LogP contribution is -2.30. The summed E-state index contributed by atoms with van der Waals surface area (Å²) in [6, 6.07) is 6.84. The Morgan fingerprint density at radius 2 is 1.75 bits per heavy atom. The second-order valence-corrected chi connectivity index (χ2v) is 5.81. The fraction of sp³-hybridized carbons (Fsp3) is 0.471. The van der Waals surface area contributed by atoms with Crippen LogP contribution >= 0.6 is 0 Å². The van der Waals surface area contributed by atoms with Gasteiger partial charge in [0.2, 0.25) is 11.8 Å². The molecular weight excluding hydrogens is 312 g/mol. The van der Waals surface area contributed by atoms with E-state index in [-0.39, 0.29) is 30.9 Å². The molecule has 3 N–H and O–H groups in total. The molecule has 0 heterocycles. The predicted molar refractivity (Wildman–Crippen MR) is 87.6 cm³/mol. The van der Waals surface area contributed by atoms with Crippen molar-refractivity contribution in [2.45, 2.75) is 38.2 Å². The second-order valence-electron chi connectivity index (χ2n) is 5.81. The summed E-state index contributed by atoms with van der Waals surface area (Å²) in [4.78, 5) is 33.7. The fourth-order valence-electron chi connectivity index (χ4n) is 2.57. The second kappa shape index (κ2) is 9.02. The molecule has 24 heavy (non-hydrogen) atoms. The molecule has 0 bridgehead atoms. The van der Waals surface area contributed by atoms with Crippen LogP contribution in [0.1, 0.15) is 31.2 Å². The number of benzene rings is 1. The van der Waals surface area contributed by atoms with Crippen molar-refractivity contribution in [3.8, 4) is 0 Å². The lowest BCUT2D eigenvalue weighted by atomic mass is 10.1. The van der Waals surface area contributed by atoms with Crippen LogP contribution in [0.3, 0.4) is 0 Å². The van der Waals surface area contributed by atoms with Crippen LogP contribution in [-0.4, -0.2) is 42.1 Å². The summed E-state index contributed by atoms with van der Waals surface area (Å²) in [5, 5.41) is 13.5. The number of carbonyl (C=O) groups excluding carboxylic acids is 2. The number of anilines is 1. The van der Waals surface area contributed by atoms with Crippen molar-refractivity contribution in [3.05, 3.63) is 29.8 Å². The Bertz CT molecular complexity index is 579. The van der Waals surface area contributed by atoms with E-state index < -0.39 is 12.5 Å². The van der Waals surface area contributed by atoms with Crippen molar-refractivity contribution in [1.82, 2.24) is 5.32 Å². The van der Waals surface area contributed by atoms with Crippen LogP contribution in [0, 0.1) is 0 Å². The van der Waals surface area contributed by atoms with Gasteiger partial charge in [-0.05, 0) is 30.5 Å². The van der Waals surface area contributed by atoms with E-state index in [9.17, 15) is 14.4 Å². The molecule has 0 spiro atoms. The minimum atomic E-state index is -1.08. The molecule has 1 aromatic rings. The molecular formula is C17H22N2O5. The van der Waals surface area contributed by atoms with Crippen molar-refractivity contribution >= 4 is 23.5 Å². The number of ether oxygens (including phenoxy) is 1. The van der Waals surface area contributed by atoms with Gasteiger partial charge < -0.3 is 20.5 Å². The number of aliphatic carboxylic acids is 1. The minimum absolute atomic E-state index is 0.0456. The Hall–Kier alpha value is -2.41. The summed E-state index contributed by atoms with van der Waals surface area (Å²) < 4.78 is 5.55. The highest BCUT2D eigenvalue weighted by Gasteiger charge is 2.16.